The van der Waals surface area contributed by atoms with E-state index in [4.69, 9.17) is 0 Å². The minimum atomic E-state index is 0.320. The van der Waals surface area contributed by atoms with Crippen LogP contribution in [-0.4, -0.2) is 77.9 Å². The van der Waals surface area contributed by atoms with E-state index in [-0.39, 0.29) is 0 Å². The van der Waals surface area contributed by atoms with Gasteiger partial charge in [-0.1, -0.05) is 44.2 Å². The second-order valence-corrected chi connectivity index (χ2v) is 10.1. The summed E-state index contributed by atoms with van der Waals surface area (Å²) in [6.07, 6.45) is 16.2. The molecule has 3 heterocycles. The molecule has 2 aliphatic heterocycles. The molecule has 0 spiro atoms. The average Bonchev–Trinajstić information content (AvgIpc) is 3.46. The van der Waals surface area contributed by atoms with Gasteiger partial charge in [0.1, 0.15) is 0 Å². The molecule has 5 heteroatoms. The monoisotopic (exact) mass is 452 g/mol. The zero-order valence-electron chi connectivity index (χ0n) is 21.1. The number of nitrogens with zero attached hydrogens (tertiary/aromatic N) is 3. The van der Waals surface area contributed by atoms with Gasteiger partial charge in [0.15, 0.2) is 0 Å². The van der Waals surface area contributed by atoms with E-state index in [1.54, 1.807) is 0 Å². The third-order valence-electron chi connectivity index (χ3n) is 6.96. The van der Waals surface area contributed by atoms with E-state index in [0.29, 0.717) is 18.4 Å². The smallest absolute Gasteiger partial charge is 0.236 e. The minimum absolute atomic E-state index is 0.320. The first kappa shape index (κ1) is 25.5. The molecule has 2 saturated heterocycles. The third-order valence-corrected chi connectivity index (χ3v) is 6.96. The molecular weight excluding hydrogens is 408 g/mol. The molecule has 2 aliphatic rings. The minimum Gasteiger partial charge on any atom is -0.361 e. The van der Waals surface area contributed by atoms with Crippen LogP contribution < -0.4 is 0 Å². The summed E-state index contributed by atoms with van der Waals surface area (Å²) in [6.45, 7) is 18.1. The number of carbonyl (C=O) groups excluding carboxylic acids is 1. The van der Waals surface area contributed by atoms with Gasteiger partial charge in [0, 0.05) is 57.7 Å². The second kappa shape index (κ2) is 13.0. The maximum Gasteiger partial charge on any atom is 0.236 e. The first-order chi connectivity index (χ1) is 16.0. The van der Waals surface area contributed by atoms with Crippen LogP contribution in [0.5, 0.6) is 0 Å². The Kier molecular flexibility index (Phi) is 10.0. The number of aryl methyl sites for hydroxylation is 1. The van der Waals surface area contributed by atoms with E-state index in [1.165, 1.54) is 41.7 Å². The van der Waals surface area contributed by atoms with Gasteiger partial charge in [0.05, 0.1) is 6.54 Å². The number of aromatic nitrogens is 1. The third kappa shape index (κ3) is 8.01. The SMILES string of the molecule is C=C/C=C(C)\C=C\c1[nH]cc(CCC(C)C)c1CCN1CCN(CC(=O)N2CCCC2)CC1. The molecule has 1 aromatic heterocycles. The van der Waals surface area contributed by atoms with Crippen molar-refractivity contribution in [2.24, 2.45) is 5.92 Å². The number of amides is 1. The summed E-state index contributed by atoms with van der Waals surface area (Å²) in [5, 5.41) is 0. The van der Waals surface area contributed by atoms with Gasteiger partial charge in [-0.15, -0.1) is 0 Å². The van der Waals surface area contributed by atoms with Crippen molar-refractivity contribution in [3.63, 3.8) is 0 Å². The van der Waals surface area contributed by atoms with Crippen molar-refractivity contribution in [2.45, 2.75) is 52.9 Å². The fourth-order valence-corrected chi connectivity index (χ4v) is 4.78. The first-order valence-electron chi connectivity index (χ1n) is 12.8. The van der Waals surface area contributed by atoms with Crippen molar-refractivity contribution < 1.29 is 4.79 Å². The van der Waals surface area contributed by atoms with Crippen LogP contribution in [0.15, 0.2) is 36.6 Å². The van der Waals surface area contributed by atoms with Gasteiger partial charge in [0.2, 0.25) is 5.91 Å². The lowest BCUT2D eigenvalue weighted by molar-refractivity contribution is -0.131. The largest absolute Gasteiger partial charge is 0.361 e. The maximum atomic E-state index is 12.5. The van der Waals surface area contributed by atoms with Crippen LogP contribution in [0.4, 0.5) is 0 Å². The highest BCUT2D eigenvalue weighted by atomic mass is 16.2. The Balaban J connectivity index is 1.54. The highest BCUT2D eigenvalue weighted by molar-refractivity contribution is 5.78. The zero-order valence-corrected chi connectivity index (χ0v) is 21.1. The van der Waals surface area contributed by atoms with Crippen LogP contribution in [-0.2, 0) is 17.6 Å². The molecule has 0 saturated carbocycles. The highest BCUT2D eigenvalue weighted by Gasteiger charge is 2.23. The van der Waals surface area contributed by atoms with Gasteiger partial charge in [-0.25, -0.2) is 0 Å². The van der Waals surface area contributed by atoms with Crippen molar-refractivity contribution in [3.05, 3.63) is 53.4 Å². The number of aromatic amines is 1. The predicted octanol–water partition coefficient (Wildman–Crippen LogP) is 4.53. The summed E-state index contributed by atoms with van der Waals surface area (Å²) in [5.74, 6) is 1.03. The van der Waals surface area contributed by atoms with E-state index < -0.39 is 0 Å². The Hall–Kier alpha value is -2.11. The lowest BCUT2D eigenvalue weighted by Crippen LogP contribution is -2.50. The molecule has 3 rings (SSSR count). The number of likely N-dealkylation sites (tertiary alicyclic amines) is 1. The summed E-state index contributed by atoms with van der Waals surface area (Å²) in [4.78, 5) is 22.9. The Labute approximate surface area is 201 Å². The van der Waals surface area contributed by atoms with E-state index in [1.807, 2.05) is 17.1 Å². The molecule has 33 heavy (non-hydrogen) atoms. The molecule has 1 aromatic rings. The molecule has 0 unspecified atom stereocenters. The molecule has 0 bridgehead atoms. The fraction of sp³-hybridized carbons (Fsp3) is 0.607. The number of allylic oxidation sites excluding steroid dienone is 4. The number of hydrogen-bond donors (Lipinski definition) is 1. The Bertz CT molecular complexity index is 821. The summed E-state index contributed by atoms with van der Waals surface area (Å²) in [6, 6.07) is 0. The van der Waals surface area contributed by atoms with Crippen molar-refractivity contribution in [1.29, 1.82) is 0 Å². The van der Waals surface area contributed by atoms with E-state index >= 15 is 0 Å². The number of hydrogen-bond acceptors (Lipinski definition) is 3. The van der Waals surface area contributed by atoms with Crippen LogP contribution in [0.2, 0.25) is 0 Å². The molecule has 182 valence electrons. The number of piperazine rings is 1. The Morgan fingerprint density at radius 3 is 2.45 bits per heavy atom. The van der Waals surface area contributed by atoms with Gasteiger partial charge in [-0.3, -0.25) is 9.69 Å². The van der Waals surface area contributed by atoms with Crippen molar-refractivity contribution in [1.82, 2.24) is 19.7 Å². The van der Waals surface area contributed by atoms with Crippen LogP contribution in [0, 0.1) is 5.92 Å². The second-order valence-electron chi connectivity index (χ2n) is 10.1. The molecule has 1 N–H and O–H groups in total. The van der Waals surface area contributed by atoms with Crippen LogP contribution in [0.3, 0.4) is 0 Å². The standard InChI is InChI=1S/C28H44N4O/c1-5-8-24(4)10-12-27-26(25(21-29-27)11-9-23(2)3)13-16-30-17-19-31(20-18-30)22-28(33)32-14-6-7-15-32/h5,8,10,12,21,23,29H,1,6-7,9,11,13-20,22H2,2-4H3/b12-10+,24-8-. The molecular formula is C28H44N4O. The molecule has 0 aliphatic carbocycles. The van der Waals surface area contributed by atoms with E-state index in [2.05, 4.69) is 60.5 Å². The highest BCUT2D eigenvalue weighted by Crippen LogP contribution is 2.21. The summed E-state index contributed by atoms with van der Waals surface area (Å²) >= 11 is 0. The normalized spacial score (nSPS) is 18.7. The molecule has 0 aromatic carbocycles. The number of H-pyrrole nitrogens is 1. The molecule has 1 amide bonds. The Morgan fingerprint density at radius 1 is 1.09 bits per heavy atom. The first-order valence-corrected chi connectivity index (χ1v) is 12.8. The van der Waals surface area contributed by atoms with Crippen molar-refractivity contribution in [2.75, 3.05) is 52.4 Å². The lowest BCUT2D eigenvalue weighted by atomic mass is 9.98. The average molecular weight is 453 g/mol. The quantitative estimate of drug-likeness (QED) is 0.502. The molecule has 0 atom stereocenters. The van der Waals surface area contributed by atoms with Gasteiger partial charge in [-0.05, 0) is 62.1 Å². The van der Waals surface area contributed by atoms with Crippen LogP contribution in [0.1, 0.15) is 56.9 Å². The van der Waals surface area contributed by atoms with Gasteiger partial charge < -0.3 is 14.8 Å². The van der Waals surface area contributed by atoms with Crippen molar-refractivity contribution in [3.8, 4) is 0 Å². The van der Waals surface area contributed by atoms with E-state index in [0.717, 1.165) is 58.7 Å². The van der Waals surface area contributed by atoms with Gasteiger partial charge in [-0.2, -0.15) is 0 Å². The topological polar surface area (TPSA) is 42.6 Å². The molecule has 0 radical (unpaired) electrons. The maximum absolute atomic E-state index is 12.5. The van der Waals surface area contributed by atoms with Crippen LogP contribution >= 0.6 is 0 Å². The zero-order chi connectivity index (χ0) is 23.6. The summed E-state index contributed by atoms with van der Waals surface area (Å²) < 4.78 is 0. The van der Waals surface area contributed by atoms with Gasteiger partial charge >= 0.3 is 0 Å². The molecule has 2 fully saturated rings. The Morgan fingerprint density at radius 2 is 1.79 bits per heavy atom. The summed E-state index contributed by atoms with van der Waals surface area (Å²) in [5.41, 5.74) is 5.36. The lowest BCUT2D eigenvalue weighted by Gasteiger charge is -2.35. The number of nitrogens with one attached hydrogen (secondary N) is 1. The fourth-order valence-electron chi connectivity index (χ4n) is 4.78. The molecule has 5 nitrogen and oxygen atoms in total. The van der Waals surface area contributed by atoms with E-state index in [9.17, 15) is 4.79 Å². The van der Waals surface area contributed by atoms with Gasteiger partial charge in [0.25, 0.3) is 0 Å². The predicted molar refractivity (Wildman–Crippen MR) is 139 cm³/mol. The van der Waals surface area contributed by atoms with Crippen LogP contribution in [0.25, 0.3) is 6.08 Å². The number of carbonyl (C=O) groups is 1. The van der Waals surface area contributed by atoms with Crippen molar-refractivity contribution >= 4 is 12.0 Å². The summed E-state index contributed by atoms with van der Waals surface area (Å²) in [7, 11) is 0. The number of rotatable bonds is 11.